The van der Waals surface area contributed by atoms with E-state index in [0.29, 0.717) is 12.0 Å². The average molecular weight is 228 g/mol. The second-order valence-electron chi connectivity index (χ2n) is 4.89. The lowest BCUT2D eigenvalue weighted by Gasteiger charge is -2.34. The van der Waals surface area contributed by atoms with Crippen molar-refractivity contribution >= 4 is 0 Å². The van der Waals surface area contributed by atoms with Gasteiger partial charge in [-0.15, -0.1) is 0 Å². The zero-order valence-electron chi connectivity index (χ0n) is 10.2. The smallest absolute Gasteiger partial charge is 0.0589 e. The van der Waals surface area contributed by atoms with Crippen LogP contribution >= 0.6 is 0 Å². The fraction of sp³-hybridized carbons (Fsp3) is 1.00. The van der Waals surface area contributed by atoms with Crippen LogP contribution in [0.5, 0.6) is 0 Å². The van der Waals surface area contributed by atoms with E-state index >= 15 is 0 Å². The first kappa shape index (κ1) is 12.3. The largest absolute Gasteiger partial charge is 0.383 e. The molecule has 1 aliphatic carbocycles. The summed E-state index contributed by atoms with van der Waals surface area (Å²) >= 11 is 0. The Hall–Kier alpha value is -0.160. The molecule has 1 saturated carbocycles. The Kier molecular flexibility index (Phi) is 4.58. The van der Waals surface area contributed by atoms with Crippen LogP contribution in [-0.4, -0.2) is 57.0 Å². The highest BCUT2D eigenvalue weighted by Crippen LogP contribution is 2.32. The summed E-state index contributed by atoms with van der Waals surface area (Å²) < 4.78 is 10.7. The number of hydrogen-bond donors (Lipinski definition) is 1. The molecule has 4 nitrogen and oxygen atoms in total. The predicted octanol–water partition coefficient (Wildman–Crippen LogP) is 0.461. The number of rotatable bonds is 7. The van der Waals surface area contributed by atoms with E-state index in [1.165, 1.54) is 12.8 Å². The summed E-state index contributed by atoms with van der Waals surface area (Å²) in [7, 11) is 1.77. The van der Waals surface area contributed by atoms with Crippen molar-refractivity contribution in [1.29, 1.82) is 0 Å². The molecule has 0 aromatic heterocycles. The molecule has 0 bridgehead atoms. The maximum Gasteiger partial charge on any atom is 0.0589 e. The van der Waals surface area contributed by atoms with Gasteiger partial charge in [0.05, 0.1) is 13.2 Å². The van der Waals surface area contributed by atoms with Crippen molar-refractivity contribution in [3.05, 3.63) is 0 Å². The van der Waals surface area contributed by atoms with E-state index in [9.17, 15) is 0 Å². The summed E-state index contributed by atoms with van der Waals surface area (Å²) in [6, 6.07) is 1.24. The second kappa shape index (κ2) is 5.96. The maximum absolute atomic E-state index is 5.95. The molecule has 2 N–H and O–H groups in total. The van der Waals surface area contributed by atoms with Gasteiger partial charge in [0.2, 0.25) is 0 Å². The fourth-order valence-electron chi connectivity index (χ4n) is 2.68. The first-order valence-corrected chi connectivity index (χ1v) is 6.39. The molecule has 4 heteroatoms. The lowest BCUT2D eigenvalue weighted by atomic mass is 9.97. The zero-order valence-corrected chi connectivity index (χ0v) is 10.2. The van der Waals surface area contributed by atoms with Crippen LogP contribution in [0.25, 0.3) is 0 Å². The molecule has 0 spiro atoms. The fourth-order valence-corrected chi connectivity index (χ4v) is 2.68. The molecule has 2 atom stereocenters. The van der Waals surface area contributed by atoms with Crippen LogP contribution in [0.1, 0.15) is 19.3 Å². The van der Waals surface area contributed by atoms with E-state index in [2.05, 4.69) is 4.90 Å². The molecule has 94 valence electrons. The van der Waals surface area contributed by atoms with Crippen LogP contribution < -0.4 is 5.73 Å². The third-order valence-electron chi connectivity index (χ3n) is 3.75. The number of methoxy groups -OCH3 is 1. The normalized spacial score (nSPS) is 27.6. The molecule has 2 unspecified atom stereocenters. The van der Waals surface area contributed by atoms with Crippen LogP contribution in [0.2, 0.25) is 0 Å². The van der Waals surface area contributed by atoms with Crippen molar-refractivity contribution in [1.82, 2.24) is 4.90 Å². The molecule has 0 radical (unpaired) electrons. The van der Waals surface area contributed by atoms with Crippen molar-refractivity contribution in [3.8, 4) is 0 Å². The first-order valence-electron chi connectivity index (χ1n) is 6.39. The van der Waals surface area contributed by atoms with Gasteiger partial charge in [-0.25, -0.2) is 0 Å². The monoisotopic (exact) mass is 228 g/mol. The van der Waals surface area contributed by atoms with Gasteiger partial charge in [-0.2, -0.15) is 0 Å². The van der Waals surface area contributed by atoms with E-state index < -0.39 is 0 Å². The molecule has 0 aromatic carbocycles. The Morgan fingerprint density at radius 1 is 1.44 bits per heavy atom. The summed E-state index contributed by atoms with van der Waals surface area (Å²) in [5.41, 5.74) is 5.95. The summed E-state index contributed by atoms with van der Waals surface area (Å²) in [6.45, 7) is 4.36. The van der Waals surface area contributed by atoms with Gasteiger partial charge in [-0.1, -0.05) is 0 Å². The molecule has 0 amide bonds. The number of ether oxygens (including phenoxy) is 2. The number of nitrogens with zero attached hydrogens (tertiary/aromatic N) is 1. The van der Waals surface area contributed by atoms with Crippen molar-refractivity contribution in [3.63, 3.8) is 0 Å². The molecule has 1 saturated heterocycles. The predicted molar refractivity (Wildman–Crippen MR) is 63.4 cm³/mol. The van der Waals surface area contributed by atoms with Gasteiger partial charge >= 0.3 is 0 Å². The van der Waals surface area contributed by atoms with Gasteiger partial charge in [0.25, 0.3) is 0 Å². The lowest BCUT2D eigenvalue weighted by Crippen LogP contribution is -2.48. The Labute approximate surface area is 98.1 Å². The van der Waals surface area contributed by atoms with Gasteiger partial charge in [-0.05, 0) is 19.3 Å². The second-order valence-corrected chi connectivity index (χ2v) is 4.89. The van der Waals surface area contributed by atoms with E-state index in [1.54, 1.807) is 7.11 Å². The number of hydrogen-bond acceptors (Lipinski definition) is 4. The highest BCUT2D eigenvalue weighted by atomic mass is 16.5. The van der Waals surface area contributed by atoms with Crippen molar-refractivity contribution in [2.45, 2.75) is 31.3 Å². The van der Waals surface area contributed by atoms with Gasteiger partial charge < -0.3 is 15.2 Å². The Morgan fingerprint density at radius 2 is 2.25 bits per heavy atom. The van der Waals surface area contributed by atoms with E-state index in [1.807, 2.05) is 0 Å². The molecule has 1 aliphatic heterocycles. The van der Waals surface area contributed by atoms with Gasteiger partial charge in [0, 0.05) is 44.8 Å². The van der Waals surface area contributed by atoms with E-state index in [-0.39, 0.29) is 0 Å². The van der Waals surface area contributed by atoms with Crippen LogP contribution in [0.3, 0.4) is 0 Å². The number of nitrogens with two attached hydrogens (primary N) is 1. The quantitative estimate of drug-likeness (QED) is 0.688. The van der Waals surface area contributed by atoms with Gasteiger partial charge in [-0.3, -0.25) is 4.90 Å². The van der Waals surface area contributed by atoms with Crippen LogP contribution in [-0.2, 0) is 9.47 Å². The van der Waals surface area contributed by atoms with Crippen LogP contribution in [0.4, 0.5) is 0 Å². The minimum Gasteiger partial charge on any atom is -0.383 e. The van der Waals surface area contributed by atoms with Crippen molar-refractivity contribution < 1.29 is 9.47 Å². The Morgan fingerprint density at radius 3 is 2.75 bits per heavy atom. The molecule has 2 fully saturated rings. The molecular formula is C12H24N2O2. The molecule has 2 rings (SSSR count). The maximum atomic E-state index is 5.95. The summed E-state index contributed by atoms with van der Waals surface area (Å²) in [4.78, 5) is 2.56. The summed E-state index contributed by atoms with van der Waals surface area (Å²) in [5, 5.41) is 0. The third kappa shape index (κ3) is 2.94. The minimum atomic E-state index is 0.491. The molecule has 0 aromatic rings. The van der Waals surface area contributed by atoms with Crippen LogP contribution in [0.15, 0.2) is 0 Å². The zero-order chi connectivity index (χ0) is 11.4. The average Bonchev–Trinajstić information content (AvgIpc) is 3.00. The molecule has 16 heavy (non-hydrogen) atoms. The topological polar surface area (TPSA) is 47.7 Å². The molecular weight excluding hydrogens is 204 g/mol. The van der Waals surface area contributed by atoms with Gasteiger partial charge in [0.1, 0.15) is 0 Å². The van der Waals surface area contributed by atoms with Crippen LogP contribution in [0, 0.1) is 5.92 Å². The summed E-state index contributed by atoms with van der Waals surface area (Å²) in [6.07, 6.45) is 3.82. The third-order valence-corrected chi connectivity index (χ3v) is 3.75. The van der Waals surface area contributed by atoms with E-state index in [0.717, 1.165) is 45.4 Å². The van der Waals surface area contributed by atoms with Crippen molar-refractivity contribution in [2.75, 3.05) is 40.0 Å². The highest BCUT2D eigenvalue weighted by molar-refractivity contribution is 4.92. The SMILES string of the molecule is COCCN(C1CC1)C(CN)C1CCOC1. The summed E-state index contributed by atoms with van der Waals surface area (Å²) in [5.74, 6) is 0.627. The Balaban J connectivity index is 1.91. The first-order chi connectivity index (χ1) is 7.86. The van der Waals surface area contributed by atoms with Crippen molar-refractivity contribution in [2.24, 2.45) is 11.7 Å². The lowest BCUT2D eigenvalue weighted by molar-refractivity contribution is 0.0821. The minimum absolute atomic E-state index is 0.491. The highest BCUT2D eigenvalue weighted by Gasteiger charge is 2.37. The molecule has 1 heterocycles. The Bertz CT molecular complexity index is 203. The van der Waals surface area contributed by atoms with E-state index in [4.69, 9.17) is 15.2 Å². The van der Waals surface area contributed by atoms with Gasteiger partial charge in [0.15, 0.2) is 0 Å². The standard InChI is InChI=1S/C12H24N2O2/c1-15-7-5-14(11-2-3-11)12(8-13)10-4-6-16-9-10/h10-12H,2-9,13H2,1H3. The molecule has 2 aliphatic rings.